The maximum absolute atomic E-state index is 12.4. The van der Waals surface area contributed by atoms with Crippen molar-refractivity contribution in [2.45, 2.75) is 26.7 Å². The van der Waals surface area contributed by atoms with Crippen LogP contribution in [0.1, 0.15) is 31.3 Å². The van der Waals surface area contributed by atoms with Gasteiger partial charge in [0.05, 0.1) is 6.54 Å². The normalized spacial score (nSPS) is 14.6. The van der Waals surface area contributed by atoms with Crippen LogP contribution in [-0.4, -0.2) is 53.5 Å². The Morgan fingerprint density at radius 2 is 1.81 bits per heavy atom. The number of nitrogens with zero attached hydrogens (tertiary/aromatic N) is 4. The van der Waals surface area contributed by atoms with Gasteiger partial charge in [0, 0.05) is 49.5 Å². The number of hydrogen-bond donors (Lipinski definition) is 1. The zero-order valence-corrected chi connectivity index (χ0v) is 15.8. The van der Waals surface area contributed by atoms with Crippen molar-refractivity contribution in [1.82, 2.24) is 14.9 Å². The Kier molecular flexibility index (Phi) is 5.71. The lowest BCUT2D eigenvalue weighted by Gasteiger charge is -2.35. The van der Waals surface area contributed by atoms with Gasteiger partial charge in [0.2, 0.25) is 5.91 Å². The molecule has 0 radical (unpaired) electrons. The molecule has 0 bridgehead atoms. The van der Waals surface area contributed by atoms with E-state index >= 15 is 0 Å². The molecule has 1 N–H and O–H groups in total. The number of hydrogen-bond acceptors (Lipinski definition) is 5. The molecule has 1 aliphatic heterocycles. The van der Waals surface area contributed by atoms with Gasteiger partial charge in [-0.15, -0.1) is 0 Å². The number of carbonyl (C=O) groups is 1. The van der Waals surface area contributed by atoms with E-state index in [0.29, 0.717) is 12.5 Å². The van der Waals surface area contributed by atoms with Crippen LogP contribution in [0, 0.1) is 6.92 Å². The van der Waals surface area contributed by atoms with E-state index in [4.69, 9.17) is 4.98 Å². The Hall–Kier alpha value is -2.63. The van der Waals surface area contributed by atoms with E-state index in [0.717, 1.165) is 49.2 Å². The van der Waals surface area contributed by atoms with Crippen molar-refractivity contribution in [3.63, 3.8) is 0 Å². The van der Waals surface area contributed by atoms with Gasteiger partial charge in [-0.1, -0.05) is 32.0 Å². The molecule has 0 unspecified atom stereocenters. The van der Waals surface area contributed by atoms with Crippen LogP contribution in [0.3, 0.4) is 0 Å². The summed E-state index contributed by atoms with van der Waals surface area (Å²) in [6, 6.07) is 11.8. The van der Waals surface area contributed by atoms with E-state index in [2.05, 4.69) is 29.0 Å². The first-order valence-corrected chi connectivity index (χ1v) is 9.20. The molecule has 6 heteroatoms. The highest BCUT2D eigenvalue weighted by atomic mass is 16.2. The summed E-state index contributed by atoms with van der Waals surface area (Å²) < 4.78 is 0. The van der Waals surface area contributed by atoms with Crippen molar-refractivity contribution in [3.05, 3.63) is 47.9 Å². The number of amides is 1. The summed E-state index contributed by atoms with van der Waals surface area (Å²) in [6.07, 6.45) is 0. The third-order valence-corrected chi connectivity index (χ3v) is 4.55. The molecule has 1 amide bonds. The van der Waals surface area contributed by atoms with Gasteiger partial charge in [-0.05, 0) is 19.1 Å². The van der Waals surface area contributed by atoms with Crippen LogP contribution in [0.2, 0.25) is 0 Å². The maximum Gasteiger partial charge on any atom is 0.241 e. The molecule has 1 aromatic heterocycles. The molecule has 138 valence electrons. The quantitative estimate of drug-likeness (QED) is 0.895. The van der Waals surface area contributed by atoms with Crippen molar-refractivity contribution in [1.29, 1.82) is 0 Å². The summed E-state index contributed by atoms with van der Waals surface area (Å²) in [5.41, 5.74) is 1.96. The summed E-state index contributed by atoms with van der Waals surface area (Å²) in [7, 11) is 0. The molecular formula is C20H27N5O. The molecule has 0 aliphatic carbocycles. The van der Waals surface area contributed by atoms with E-state index in [1.807, 2.05) is 48.2 Å². The minimum Gasteiger partial charge on any atom is -0.376 e. The standard InChI is InChI=1S/C20H27N5O/c1-15(2)20-22-16(3)13-18(23-20)24-9-11-25(12-10-24)19(26)14-21-17-7-5-4-6-8-17/h4-8,13,15,21H,9-12,14H2,1-3H3. The number of rotatable bonds is 5. The van der Waals surface area contributed by atoms with Crippen LogP contribution < -0.4 is 10.2 Å². The van der Waals surface area contributed by atoms with Gasteiger partial charge in [-0.2, -0.15) is 0 Å². The topological polar surface area (TPSA) is 61.4 Å². The van der Waals surface area contributed by atoms with Crippen LogP contribution in [0.25, 0.3) is 0 Å². The molecule has 0 saturated carbocycles. The first-order chi connectivity index (χ1) is 12.5. The van der Waals surface area contributed by atoms with Gasteiger partial charge in [-0.25, -0.2) is 9.97 Å². The fraction of sp³-hybridized carbons (Fsp3) is 0.450. The number of benzene rings is 1. The molecule has 2 aromatic rings. The lowest BCUT2D eigenvalue weighted by Crippen LogP contribution is -2.50. The fourth-order valence-corrected chi connectivity index (χ4v) is 3.03. The Morgan fingerprint density at radius 1 is 1.12 bits per heavy atom. The monoisotopic (exact) mass is 353 g/mol. The summed E-state index contributed by atoms with van der Waals surface area (Å²) in [4.78, 5) is 25.8. The number of nitrogens with one attached hydrogen (secondary N) is 1. The first kappa shape index (κ1) is 18.2. The first-order valence-electron chi connectivity index (χ1n) is 9.20. The largest absolute Gasteiger partial charge is 0.376 e. The Morgan fingerprint density at radius 3 is 2.46 bits per heavy atom. The van der Waals surface area contributed by atoms with Crippen LogP contribution in [0.15, 0.2) is 36.4 Å². The predicted octanol–water partition coefficient (Wildman–Crippen LogP) is 2.67. The van der Waals surface area contributed by atoms with E-state index in [-0.39, 0.29) is 5.91 Å². The van der Waals surface area contributed by atoms with Gasteiger partial charge in [0.1, 0.15) is 11.6 Å². The lowest BCUT2D eigenvalue weighted by molar-refractivity contribution is -0.129. The Bertz CT molecular complexity index is 739. The molecule has 2 heterocycles. The average molecular weight is 353 g/mol. The fourth-order valence-electron chi connectivity index (χ4n) is 3.03. The smallest absolute Gasteiger partial charge is 0.241 e. The van der Waals surface area contributed by atoms with Crippen molar-refractivity contribution < 1.29 is 4.79 Å². The van der Waals surface area contributed by atoms with Gasteiger partial charge in [0.25, 0.3) is 0 Å². The molecule has 1 aliphatic rings. The van der Waals surface area contributed by atoms with E-state index in [1.165, 1.54) is 0 Å². The maximum atomic E-state index is 12.4. The second-order valence-electron chi connectivity index (χ2n) is 6.97. The second-order valence-corrected chi connectivity index (χ2v) is 6.97. The molecule has 3 rings (SSSR count). The highest BCUT2D eigenvalue weighted by Gasteiger charge is 2.22. The Labute approximate surface area is 155 Å². The summed E-state index contributed by atoms with van der Waals surface area (Å²) in [6.45, 7) is 9.57. The van der Waals surface area contributed by atoms with E-state index in [1.54, 1.807) is 0 Å². The number of anilines is 2. The van der Waals surface area contributed by atoms with Gasteiger partial charge in [-0.3, -0.25) is 4.79 Å². The van der Waals surface area contributed by atoms with E-state index in [9.17, 15) is 4.79 Å². The zero-order valence-electron chi connectivity index (χ0n) is 15.8. The van der Waals surface area contributed by atoms with E-state index < -0.39 is 0 Å². The summed E-state index contributed by atoms with van der Waals surface area (Å²) >= 11 is 0. The van der Waals surface area contributed by atoms with Crippen LogP contribution >= 0.6 is 0 Å². The minimum atomic E-state index is 0.134. The summed E-state index contributed by atoms with van der Waals surface area (Å²) in [5, 5.41) is 3.19. The number of carbonyl (C=O) groups excluding carboxylic acids is 1. The Balaban J connectivity index is 1.55. The highest BCUT2D eigenvalue weighted by molar-refractivity contribution is 5.81. The third-order valence-electron chi connectivity index (χ3n) is 4.55. The predicted molar refractivity (Wildman–Crippen MR) is 105 cm³/mol. The van der Waals surface area contributed by atoms with Crippen LogP contribution in [0.5, 0.6) is 0 Å². The lowest BCUT2D eigenvalue weighted by atomic mass is 10.2. The second kappa shape index (κ2) is 8.17. The zero-order chi connectivity index (χ0) is 18.5. The SMILES string of the molecule is Cc1cc(N2CCN(C(=O)CNc3ccccc3)CC2)nc(C(C)C)n1. The third kappa shape index (κ3) is 4.50. The molecular weight excluding hydrogens is 326 g/mol. The van der Waals surface area contributed by atoms with Crippen molar-refractivity contribution >= 4 is 17.4 Å². The van der Waals surface area contributed by atoms with Crippen LogP contribution in [-0.2, 0) is 4.79 Å². The average Bonchev–Trinajstić information content (AvgIpc) is 2.66. The molecule has 6 nitrogen and oxygen atoms in total. The van der Waals surface area contributed by atoms with Crippen molar-refractivity contribution in [2.75, 3.05) is 42.9 Å². The van der Waals surface area contributed by atoms with Gasteiger partial charge in [0.15, 0.2) is 0 Å². The molecule has 1 saturated heterocycles. The highest BCUT2D eigenvalue weighted by Crippen LogP contribution is 2.18. The van der Waals surface area contributed by atoms with Gasteiger partial charge < -0.3 is 15.1 Å². The number of para-hydroxylation sites is 1. The van der Waals surface area contributed by atoms with Crippen molar-refractivity contribution in [2.24, 2.45) is 0 Å². The molecule has 0 atom stereocenters. The molecule has 1 fully saturated rings. The van der Waals surface area contributed by atoms with Gasteiger partial charge >= 0.3 is 0 Å². The number of piperazine rings is 1. The van der Waals surface area contributed by atoms with Crippen molar-refractivity contribution in [3.8, 4) is 0 Å². The molecule has 1 aromatic carbocycles. The molecule has 26 heavy (non-hydrogen) atoms. The number of aromatic nitrogens is 2. The minimum absolute atomic E-state index is 0.134. The van der Waals surface area contributed by atoms with Crippen LogP contribution in [0.4, 0.5) is 11.5 Å². The summed E-state index contributed by atoms with van der Waals surface area (Å²) in [5.74, 6) is 2.29. The number of aryl methyl sites for hydroxylation is 1. The molecule has 0 spiro atoms.